The van der Waals surface area contributed by atoms with Crippen molar-refractivity contribution in [1.29, 1.82) is 0 Å². The van der Waals surface area contributed by atoms with Crippen LogP contribution in [0.25, 0.3) is 0 Å². The molecule has 0 aromatic heterocycles. The molecule has 3 N–H and O–H groups in total. The van der Waals surface area contributed by atoms with Gasteiger partial charge >= 0.3 is 0 Å². The topological polar surface area (TPSA) is 55.1 Å². The number of primary amides is 1. The number of rotatable bonds is 4. The maximum atomic E-state index is 13.4. The molecule has 2 aromatic rings. The summed E-state index contributed by atoms with van der Waals surface area (Å²) < 4.78 is 13.4. The minimum absolute atomic E-state index is 0.346. The molecule has 4 heteroatoms. The van der Waals surface area contributed by atoms with Crippen molar-refractivity contribution in [3.8, 4) is 0 Å². The van der Waals surface area contributed by atoms with Crippen LogP contribution < -0.4 is 11.1 Å². The van der Waals surface area contributed by atoms with Gasteiger partial charge in [0.05, 0.1) is 0 Å². The van der Waals surface area contributed by atoms with Gasteiger partial charge in [0.2, 0.25) is 5.91 Å². The second-order valence-electron chi connectivity index (χ2n) is 5.34. The third-order valence-electron chi connectivity index (χ3n) is 3.50. The molecule has 1 unspecified atom stereocenters. The lowest BCUT2D eigenvalue weighted by atomic mass is 10.00. The Kier molecular flexibility index (Phi) is 4.26. The van der Waals surface area contributed by atoms with E-state index in [1.165, 1.54) is 12.1 Å². The number of aryl methyl sites for hydroxylation is 3. The Morgan fingerprint density at radius 2 is 1.81 bits per heavy atom. The molecule has 0 radical (unpaired) electrons. The summed E-state index contributed by atoms with van der Waals surface area (Å²) in [6, 6.07) is 9.59. The lowest BCUT2D eigenvalue weighted by molar-refractivity contribution is -0.118. The zero-order chi connectivity index (χ0) is 15.6. The molecule has 0 aliphatic carbocycles. The summed E-state index contributed by atoms with van der Waals surface area (Å²) in [6.07, 6.45) is 0. The number of hydrogen-bond donors (Lipinski definition) is 2. The smallest absolute Gasteiger partial charge is 0.244 e. The SMILES string of the molecule is Cc1cc(F)cc(NC(C(N)=O)c2ccc(C)c(C)c2)c1. The number of nitrogens with one attached hydrogen (secondary N) is 1. The first kappa shape index (κ1) is 15.0. The normalized spacial score (nSPS) is 12.0. The first-order valence-corrected chi connectivity index (χ1v) is 6.77. The van der Waals surface area contributed by atoms with E-state index in [9.17, 15) is 9.18 Å². The Hall–Kier alpha value is -2.36. The molecule has 3 nitrogen and oxygen atoms in total. The molecule has 0 saturated heterocycles. The number of nitrogens with two attached hydrogens (primary N) is 1. The average molecular weight is 286 g/mol. The van der Waals surface area contributed by atoms with Crippen molar-refractivity contribution >= 4 is 11.6 Å². The number of benzene rings is 2. The van der Waals surface area contributed by atoms with Gasteiger partial charge < -0.3 is 11.1 Å². The van der Waals surface area contributed by atoms with E-state index < -0.39 is 11.9 Å². The van der Waals surface area contributed by atoms with Gasteiger partial charge in [-0.15, -0.1) is 0 Å². The number of carbonyl (C=O) groups is 1. The number of amides is 1. The van der Waals surface area contributed by atoms with Crippen LogP contribution in [-0.2, 0) is 4.79 Å². The van der Waals surface area contributed by atoms with Crippen LogP contribution in [0.5, 0.6) is 0 Å². The van der Waals surface area contributed by atoms with Crippen LogP contribution in [0.4, 0.5) is 10.1 Å². The lowest BCUT2D eigenvalue weighted by Gasteiger charge is -2.18. The van der Waals surface area contributed by atoms with Gasteiger partial charge in [0.1, 0.15) is 11.9 Å². The van der Waals surface area contributed by atoms with Crippen molar-refractivity contribution in [2.45, 2.75) is 26.8 Å². The summed E-state index contributed by atoms with van der Waals surface area (Å²) in [5.74, 6) is -0.846. The molecule has 0 fully saturated rings. The van der Waals surface area contributed by atoms with Crippen molar-refractivity contribution in [3.63, 3.8) is 0 Å². The summed E-state index contributed by atoms with van der Waals surface area (Å²) >= 11 is 0. The Morgan fingerprint density at radius 3 is 2.38 bits per heavy atom. The molecule has 0 aliphatic heterocycles. The van der Waals surface area contributed by atoms with E-state index >= 15 is 0 Å². The highest BCUT2D eigenvalue weighted by Crippen LogP contribution is 2.23. The second-order valence-corrected chi connectivity index (χ2v) is 5.34. The van der Waals surface area contributed by atoms with E-state index in [0.717, 1.165) is 22.3 Å². The predicted molar refractivity (Wildman–Crippen MR) is 82.6 cm³/mol. The average Bonchev–Trinajstić information content (AvgIpc) is 2.38. The Morgan fingerprint density at radius 1 is 1.10 bits per heavy atom. The van der Waals surface area contributed by atoms with E-state index in [-0.39, 0.29) is 5.82 Å². The number of anilines is 1. The van der Waals surface area contributed by atoms with Crippen molar-refractivity contribution in [2.75, 3.05) is 5.32 Å². The Balaban J connectivity index is 2.35. The first-order valence-electron chi connectivity index (χ1n) is 6.77. The van der Waals surface area contributed by atoms with Crippen LogP contribution in [0.15, 0.2) is 36.4 Å². The van der Waals surface area contributed by atoms with Gasteiger partial charge in [-0.25, -0.2) is 4.39 Å². The molecule has 0 aliphatic rings. The predicted octanol–water partition coefficient (Wildman–Crippen LogP) is 3.39. The summed E-state index contributed by atoms with van der Waals surface area (Å²) in [7, 11) is 0. The molecule has 1 atom stereocenters. The molecule has 0 spiro atoms. The fraction of sp³-hybridized carbons (Fsp3) is 0.235. The molecule has 2 rings (SSSR count). The van der Waals surface area contributed by atoms with Crippen molar-refractivity contribution < 1.29 is 9.18 Å². The monoisotopic (exact) mass is 286 g/mol. The van der Waals surface area contributed by atoms with Crippen molar-refractivity contribution in [1.82, 2.24) is 0 Å². The minimum Gasteiger partial charge on any atom is -0.370 e. The Bertz CT molecular complexity index is 662. The standard InChI is InChI=1S/C17H19FN2O/c1-10-6-14(18)9-15(7-10)20-16(17(19)21)13-5-4-11(2)12(3)8-13/h4-9,16,20H,1-3H3,(H2,19,21). The van der Waals surface area contributed by atoms with Crippen LogP contribution in [0, 0.1) is 26.6 Å². The van der Waals surface area contributed by atoms with Gasteiger partial charge in [0.15, 0.2) is 0 Å². The zero-order valence-corrected chi connectivity index (χ0v) is 12.4. The molecule has 2 aromatic carbocycles. The molecular formula is C17H19FN2O. The van der Waals surface area contributed by atoms with E-state index in [1.807, 2.05) is 32.0 Å². The lowest BCUT2D eigenvalue weighted by Crippen LogP contribution is -2.27. The highest BCUT2D eigenvalue weighted by atomic mass is 19.1. The van der Waals surface area contributed by atoms with Crippen molar-refractivity contribution in [2.24, 2.45) is 5.73 Å². The van der Waals surface area contributed by atoms with Gasteiger partial charge in [0, 0.05) is 5.69 Å². The molecule has 0 heterocycles. The molecule has 1 amide bonds. The van der Waals surface area contributed by atoms with Crippen LogP contribution >= 0.6 is 0 Å². The van der Waals surface area contributed by atoms with Gasteiger partial charge in [0.25, 0.3) is 0 Å². The second kappa shape index (κ2) is 5.95. The third kappa shape index (κ3) is 3.60. The summed E-state index contributed by atoms with van der Waals surface area (Å²) in [5, 5.41) is 3.01. The van der Waals surface area contributed by atoms with E-state index in [4.69, 9.17) is 5.73 Å². The molecule has 0 bridgehead atoms. The van der Waals surface area contributed by atoms with Crippen LogP contribution in [-0.4, -0.2) is 5.91 Å². The van der Waals surface area contributed by atoms with Crippen molar-refractivity contribution in [3.05, 3.63) is 64.5 Å². The fourth-order valence-corrected chi connectivity index (χ4v) is 2.25. The maximum Gasteiger partial charge on any atom is 0.244 e. The summed E-state index contributed by atoms with van der Waals surface area (Å²) in [5.41, 5.74) is 9.79. The van der Waals surface area contributed by atoms with Crippen LogP contribution in [0.3, 0.4) is 0 Å². The van der Waals surface area contributed by atoms with E-state index in [2.05, 4.69) is 5.32 Å². The highest BCUT2D eigenvalue weighted by Gasteiger charge is 2.18. The van der Waals surface area contributed by atoms with E-state index in [1.54, 1.807) is 13.0 Å². The zero-order valence-electron chi connectivity index (χ0n) is 12.4. The summed E-state index contributed by atoms with van der Waals surface area (Å²) in [6.45, 7) is 5.77. The third-order valence-corrected chi connectivity index (χ3v) is 3.50. The van der Waals surface area contributed by atoms with Gasteiger partial charge in [-0.3, -0.25) is 4.79 Å². The molecule has 0 saturated carbocycles. The highest BCUT2D eigenvalue weighted by molar-refractivity contribution is 5.84. The molecular weight excluding hydrogens is 267 g/mol. The van der Waals surface area contributed by atoms with Crippen LogP contribution in [0.1, 0.15) is 28.3 Å². The molecule has 21 heavy (non-hydrogen) atoms. The fourth-order valence-electron chi connectivity index (χ4n) is 2.25. The number of hydrogen-bond acceptors (Lipinski definition) is 2. The van der Waals surface area contributed by atoms with E-state index in [0.29, 0.717) is 5.69 Å². The number of halogens is 1. The van der Waals surface area contributed by atoms with Gasteiger partial charge in [-0.1, -0.05) is 18.2 Å². The number of carbonyl (C=O) groups excluding carboxylic acids is 1. The maximum absolute atomic E-state index is 13.4. The van der Waals surface area contributed by atoms with Crippen LogP contribution in [0.2, 0.25) is 0 Å². The Labute approximate surface area is 124 Å². The summed E-state index contributed by atoms with van der Waals surface area (Å²) in [4.78, 5) is 11.7. The van der Waals surface area contributed by atoms with Gasteiger partial charge in [-0.05, 0) is 61.2 Å². The first-order chi connectivity index (χ1) is 9.86. The quantitative estimate of drug-likeness (QED) is 0.905. The minimum atomic E-state index is -0.689. The largest absolute Gasteiger partial charge is 0.370 e. The molecule has 110 valence electrons. The van der Waals surface area contributed by atoms with Gasteiger partial charge in [-0.2, -0.15) is 0 Å².